The van der Waals surface area contributed by atoms with Crippen LogP contribution in [-0.2, 0) is 21.0 Å². The highest BCUT2D eigenvalue weighted by Gasteiger charge is 2.59. The largest absolute Gasteiger partial charge is 0.494 e. The predicted octanol–water partition coefficient (Wildman–Crippen LogP) is 5.32. The molecule has 0 spiro atoms. The maximum Gasteiger partial charge on any atom is 0.265 e. The molecule has 2 heterocycles. The zero-order valence-corrected chi connectivity index (χ0v) is 22.5. The summed E-state index contributed by atoms with van der Waals surface area (Å²) >= 11 is 0. The third-order valence-electron chi connectivity index (χ3n) is 7.02. The number of nitrogens with zero attached hydrogens (tertiary/aromatic N) is 2. The molecular weight excluding hydrogens is 496 g/mol. The van der Waals surface area contributed by atoms with E-state index in [2.05, 4.69) is 6.92 Å². The van der Waals surface area contributed by atoms with E-state index in [-0.39, 0.29) is 11.8 Å². The third-order valence-corrected chi connectivity index (χ3v) is 7.02. The maximum atomic E-state index is 13.7. The molecule has 0 N–H and O–H groups in total. The number of imide groups is 1. The summed E-state index contributed by atoms with van der Waals surface area (Å²) in [5, 5.41) is 1.60. The molecule has 3 aromatic carbocycles. The van der Waals surface area contributed by atoms with Crippen LogP contribution in [0.2, 0.25) is 0 Å². The molecule has 3 atom stereocenters. The number of carbonyl (C=O) groups excluding carboxylic acids is 2. The van der Waals surface area contributed by atoms with Gasteiger partial charge in [0.2, 0.25) is 5.91 Å². The van der Waals surface area contributed by atoms with Crippen molar-refractivity contribution in [1.82, 2.24) is 5.06 Å². The molecule has 8 nitrogen and oxygen atoms in total. The van der Waals surface area contributed by atoms with Gasteiger partial charge < -0.3 is 14.2 Å². The first kappa shape index (κ1) is 26.7. The van der Waals surface area contributed by atoms with Gasteiger partial charge in [-0.1, -0.05) is 49.7 Å². The number of fused-ring (bicyclic) bond motifs is 1. The molecule has 2 saturated heterocycles. The fourth-order valence-corrected chi connectivity index (χ4v) is 5.08. The summed E-state index contributed by atoms with van der Waals surface area (Å²) in [4.78, 5) is 34.2. The number of ether oxygens (including phenoxy) is 3. The van der Waals surface area contributed by atoms with Gasteiger partial charge in [0, 0.05) is 7.05 Å². The minimum absolute atomic E-state index is 0.290. The van der Waals surface area contributed by atoms with Crippen molar-refractivity contribution < 1.29 is 28.6 Å². The minimum atomic E-state index is -0.891. The lowest BCUT2D eigenvalue weighted by Gasteiger charge is -2.25. The molecule has 3 aromatic rings. The summed E-state index contributed by atoms with van der Waals surface area (Å²) in [5.74, 6) is 0.550. The van der Waals surface area contributed by atoms with Crippen molar-refractivity contribution in [1.29, 1.82) is 0 Å². The lowest BCUT2D eigenvalue weighted by Crippen LogP contribution is -2.36. The topological polar surface area (TPSA) is 77.5 Å². The van der Waals surface area contributed by atoms with E-state index >= 15 is 0 Å². The van der Waals surface area contributed by atoms with Crippen molar-refractivity contribution in [2.45, 2.75) is 45.4 Å². The van der Waals surface area contributed by atoms with E-state index in [4.69, 9.17) is 19.0 Å². The number of hydrogen-bond acceptors (Lipinski definition) is 7. The van der Waals surface area contributed by atoms with Gasteiger partial charge in [-0.15, -0.1) is 0 Å². The lowest BCUT2D eigenvalue weighted by molar-refractivity contribution is -0.160. The van der Waals surface area contributed by atoms with Gasteiger partial charge in [0.15, 0.2) is 17.6 Å². The fraction of sp³-hybridized carbons (Fsp3) is 0.355. The molecule has 0 aromatic heterocycles. The molecule has 2 amide bonds. The van der Waals surface area contributed by atoms with Crippen molar-refractivity contribution in [2.24, 2.45) is 5.92 Å². The van der Waals surface area contributed by atoms with Crippen LogP contribution in [0.15, 0.2) is 72.8 Å². The third kappa shape index (κ3) is 5.48. The van der Waals surface area contributed by atoms with Crippen LogP contribution < -0.4 is 19.1 Å². The molecule has 0 bridgehead atoms. The number of rotatable bonds is 11. The van der Waals surface area contributed by atoms with Crippen molar-refractivity contribution in [3.63, 3.8) is 0 Å². The van der Waals surface area contributed by atoms with Crippen LogP contribution >= 0.6 is 0 Å². The Hall–Kier alpha value is -3.88. The second-order valence-corrected chi connectivity index (χ2v) is 9.66. The summed E-state index contributed by atoms with van der Waals surface area (Å²) in [6.45, 7) is 5.50. The van der Waals surface area contributed by atoms with Crippen LogP contribution in [0, 0.1) is 5.92 Å². The fourth-order valence-electron chi connectivity index (χ4n) is 5.08. The Labute approximate surface area is 229 Å². The molecule has 8 heteroatoms. The first-order valence-electron chi connectivity index (χ1n) is 13.5. The van der Waals surface area contributed by atoms with Crippen LogP contribution in [0.3, 0.4) is 0 Å². The van der Waals surface area contributed by atoms with Gasteiger partial charge in [0.1, 0.15) is 12.4 Å². The van der Waals surface area contributed by atoms with E-state index in [1.54, 1.807) is 36.4 Å². The normalized spacial score (nSPS) is 20.8. The summed E-state index contributed by atoms with van der Waals surface area (Å²) < 4.78 is 17.7. The van der Waals surface area contributed by atoms with Gasteiger partial charge in [0.05, 0.1) is 30.9 Å². The molecule has 0 aliphatic carbocycles. The maximum absolute atomic E-state index is 13.7. The van der Waals surface area contributed by atoms with Crippen molar-refractivity contribution in [2.75, 3.05) is 25.2 Å². The summed E-state index contributed by atoms with van der Waals surface area (Å²) in [6.07, 6.45) is 1.12. The average Bonchev–Trinajstić information content (AvgIpc) is 3.42. The van der Waals surface area contributed by atoms with Crippen LogP contribution in [0.25, 0.3) is 0 Å². The highest BCUT2D eigenvalue weighted by atomic mass is 16.7. The summed E-state index contributed by atoms with van der Waals surface area (Å²) in [7, 11) is 1.75. The molecule has 0 radical (unpaired) electrons. The minimum Gasteiger partial charge on any atom is -0.494 e. The molecule has 2 fully saturated rings. The Kier molecular flexibility index (Phi) is 8.14. The Morgan fingerprint density at radius 3 is 2.33 bits per heavy atom. The molecule has 2 aliphatic rings. The van der Waals surface area contributed by atoms with Gasteiger partial charge in [0.25, 0.3) is 5.91 Å². The van der Waals surface area contributed by atoms with Gasteiger partial charge >= 0.3 is 0 Å². The van der Waals surface area contributed by atoms with Crippen molar-refractivity contribution >= 4 is 17.5 Å². The van der Waals surface area contributed by atoms with E-state index in [1.807, 2.05) is 55.5 Å². The van der Waals surface area contributed by atoms with E-state index in [1.165, 1.54) is 4.90 Å². The van der Waals surface area contributed by atoms with Gasteiger partial charge in [-0.05, 0) is 60.9 Å². The Bertz CT molecular complexity index is 1300. The zero-order chi connectivity index (χ0) is 27.4. The SMILES string of the molecule is CCCCOc1ccc(N2C(=O)[C@@H]3[C@@H](ON(C)[C@H]3c3ccc(OCc4ccccc4)c(OCC)c3)C2=O)cc1. The highest BCUT2D eigenvalue weighted by Crippen LogP contribution is 2.46. The van der Waals surface area contributed by atoms with E-state index in [9.17, 15) is 9.59 Å². The molecule has 204 valence electrons. The number of amides is 2. The monoisotopic (exact) mass is 530 g/mol. The van der Waals surface area contributed by atoms with Crippen LogP contribution in [0.1, 0.15) is 43.9 Å². The van der Waals surface area contributed by atoms with Crippen molar-refractivity contribution in [3.05, 3.63) is 83.9 Å². The van der Waals surface area contributed by atoms with Gasteiger partial charge in [-0.2, -0.15) is 5.06 Å². The Balaban J connectivity index is 1.36. The Morgan fingerprint density at radius 1 is 0.846 bits per heavy atom. The van der Waals surface area contributed by atoms with Gasteiger partial charge in [-0.3, -0.25) is 14.4 Å². The molecule has 39 heavy (non-hydrogen) atoms. The van der Waals surface area contributed by atoms with E-state index in [0.29, 0.717) is 42.8 Å². The van der Waals surface area contributed by atoms with E-state index < -0.39 is 18.1 Å². The molecule has 0 unspecified atom stereocenters. The smallest absolute Gasteiger partial charge is 0.265 e. The van der Waals surface area contributed by atoms with Crippen LogP contribution in [0.4, 0.5) is 5.69 Å². The highest BCUT2D eigenvalue weighted by molar-refractivity contribution is 6.23. The second-order valence-electron chi connectivity index (χ2n) is 9.66. The number of anilines is 1. The quantitative estimate of drug-likeness (QED) is 0.245. The summed E-state index contributed by atoms with van der Waals surface area (Å²) in [6, 6.07) is 22.1. The molecule has 0 saturated carbocycles. The number of benzene rings is 3. The Morgan fingerprint density at radius 2 is 1.62 bits per heavy atom. The number of hydroxylamine groups is 2. The number of carbonyl (C=O) groups is 2. The first-order valence-corrected chi connectivity index (χ1v) is 13.5. The number of hydrogen-bond donors (Lipinski definition) is 0. The number of unbranched alkanes of at least 4 members (excludes halogenated alkanes) is 1. The molecule has 2 aliphatic heterocycles. The second kappa shape index (κ2) is 11.9. The van der Waals surface area contributed by atoms with Gasteiger partial charge in [-0.25, -0.2) is 4.90 Å². The van der Waals surface area contributed by atoms with Crippen molar-refractivity contribution in [3.8, 4) is 17.2 Å². The lowest BCUT2D eigenvalue weighted by atomic mass is 9.91. The van der Waals surface area contributed by atoms with E-state index in [0.717, 1.165) is 24.0 Å². The van der Waals surface area contributed by atoms with Crippen LogP contribution in [-0.4, -0.2) is 43.2 Å². The first-order chi connectivity index (χ1) is 19.0. The van der Waals surface area contributed by atoms with Crippen LogP contribution in [0.5, 0.6) is 17.2 Å². The average molecular weight is 531 g/mol. The molecule has 5 rings (SSSR count). The molecular formula is C31H34N2O6. The standard InChI is InChI=1S/C31H34N2O6/c1-4-6-18-37-24-15-13-23(14-16-24)33-30(34)27-28(32(3)39-29(27)31(33)35)22-12-17-25(26(19-22)36-5-2)38-20-21-10-8-7-9-11-21/h7-17,19,27-29H,4-6,18,20H2,1-3H3/t27-,28-,29+/m0/s1. The summed E-state index contributed by atoms with van der Waals surface area (Å²) in [5.41, 5.74) is 2.36. The predicted molar refractivity (Wildman–Crippen MR) is 147 cm³/mol. The zero-order valence-electron chi connectivity index (χ0n) is 22.5.